The predicted molar refractivity (Wildman–Crippen MR) is 103 cm³/mol. The number of halogens is 6. The Labute approximate surface area is 174 Å². The summed E-state index contributed by atoms with van der Waals surface area (Å²) in [6.07, 6.45) is -10.00. The van der Waals surface area contributed by atoms with Crippen LogP contribution in [0.5, 0.6) is 0 Å². The van der Waals surface area contributed by atoms with Crippen LogP contribution in [-0.4, -0.2) is 23.1 Å². The van der Waals surface area contributed by atoms with Gasteiger partial charge in [-0.25, -0.2) is 0 Å². The predicted octanol–water partition coefficient (Wildman–Crippen LogP) is 6.74. The summed E-state index contributed by atoms with van der Waals surface area (Å²) in [6.45, 7) is 4.29. The average Bonchev–Trinajstić information content (AvgIpc) is 3.15. The zero-order chi connectivity index (χ0) is 22.3. The van der Waals surface area contributed by atoms with E-state index in [-0.39, 0.29) is 12.6 Å². The van der Waals surface area contributed by atoms with Gasteiger partial charge in [-0.3, -0.25) is 4.79 Å². The first-order valence-corrected chi connectivity index (χ1v) is 10.2. The number of carbonyl (C=O) groups excluding carboxylic acids is 1. The molecule has 0 saturated carbocycles. The standard InChI is InChI=1S/C21H19F6NOS/c1-12(2)13-3-5-14(6-4-13)19-28(7-8-30-19)18(29)15-9-16(20(22,23)24)11-17(10-15)21(25,26)27/h3-6,9-12,19H,7-8H2,1-2H3. The van der Waals surface area contributed by atoms with Crippen LogP contribution < -0.4 is 0 Å². The molecule has 1 aliphatic heterocycles. The first kappa shape index (κ1) is 22.5. The fourth-order valence-corrected chi connectivity index (χ4v) is 4.50. The fraction of sp³-hybridized carbons (Fsp3) is 0.381. The van der Waals surface area contributed by atoms with Crippen molar-refractivity contribution in [2.45, 2.75) is 37.5 Å². The highest BCUT2D eigenvalue weighted by Crippen LogP contribution is 2.41. The van der Waals surface area contributed by atoms with Gasteiger partial charge < -0.3 is 4.90 Å². The SMILES string of the molecule is CC(C)c1ccc(C2SCCN2C(=O)c2cc(C(F)(F)F)cc(C(F)(F)F)c2)cc1. The third-order valence-electron chi connectivity index (χ3n) is 4.87. The molecule has 9 heteroatoms. The monoisotopic (exact) mass is 447 g/mol. The van der Waals surface area contributed by atoms with E-state index in [4.69, 9.17) is 0 Å². The highest BCUT2D eigenvalue weighted by atomic mass is 32.2. The molecule has 1 heterocycles. The average molecular weight is 447 g/mol. The van der Waals surface area contributed by atoms with Crippen LogP contribution in [0.25, 0.3) is 0 Å². The lowest BCUT2D eigenvalue weighted by atomic mass is 10.0. The summed E-state index contributed by atoms with van der Waals surface area (Å²) in [5.41, 5.74) is -1.75. The maximum Gasteiger partial charge on any atom is 0.416 e. The van der Waals surface area contributed by atoms with Crippen molar-refractivity contribution in [3.63, 3.8) is 0 Å². The molecule has 1 fully saturated rings. The summed E-state index contributed by atoms with van der Waals surface area (Å²) in [4.78, 5) is 14.3. The second-order valence-corrected chi connectivity index (χ2v) is 8.53. The normalized spacial score (nSPS) is 17.6. The lowest BCUT2D eigenvalue weighted by Crippen LogP contribution is -2.31. The fourth-order valence-electron chi connectivity index (χ4n) is 3.24. The molecule has 0 N–H and O–H groups in total. The smallest absolute Gasteiger partial charge is 0.322 e. The molecule has 0 radical (unpaired) electrons. The molecule has 0 spiro atoms. The quantitative estimate of drug-likeness (QED) is 0.486. The number of amides is 1. The number of benzene rings is 2. The van der Waals surface area contributed by atoms with E-state index < -0.39 is 40.3 Å². The van der Waals surface area contributed by atoms with Crippen LogP contribution in [-0.2, 0) is 12.4 Å². The van der Waals surface area contributed by atoms with Gasteiger partial charge in [0.25, 0.3) is 5.91 Å². The Morgan fingerprint density at radius 1 is 0.967 bits per heavy atom. The van der Waals surface area contributed by atoms with Gasteiger partial charge in [-0.1, -0.05) is 38.1 Å². The molecule has 0 bridgehead atoms. The summed E-state index contributed by atoms with van der Waals surface area (Å²) in [6, 6.07) is 8.50. The van der Waals surface area contributed by atoms with E-state index in [2.05, 4.69) is 0 Å². The Kier molecular flexibility index (Phi) is 6.13. The second-order valence-electron chi connectivity index (χ2n) is 7.34. The number of alkyl halides is 6. The van der Waals surface area contributed by atoms with E-state index >= 15 is 0 Å². The number of hydrogen-bond acceptors (Lipinski definition) is 2. The van der Waals surface area contributed by atoms with Gasteiger partial charge in [-0.05, 0) is 35.2 Å². The Morgan fingerprint density at radius 2 is 1.50 bits per heavy atom. The van der Waals surface area contributed by atoms with Crippen molar-refractivity contribution in [2.24, 2.45) is 0 Å². The summed E-state index contributed by atoms with van der Waals surface area (Å²) in [7, 11) is 0. The van der Waals surface area contributed by atoms with E-state index in [9.17, 15) is 31.1 Å². The van der Waals surface area contributed by atoms with Crippen molar-refractivity contribution >= 4 is 17.7 Å². The minimum absolute atomic E-state index is 0.0254. The molecule has 1 saturated heterocycles. The largest absolute Gasteiger partial charge is 0.416 e. The van der Waals surface area contributed by atoms with Crippen molar-refractivity contribution in [3.05, 3.63) is 70.3 Å². The summed E-state index contributed by atoms with van der Waals surface area (Å²) in [5, 5.41) is -0.470. The third-order valence-corrected chi connectivity index (χ3v) is 6.14. The van der Waals surface area contributed by atoms with Gasteiger partial charge in [0.05, 0.1) is 11.1 Å². The van der Waals surface area contributed by atoms with Gasteiger partial charge in [0, 0.05) is 17.9 Å². The minimum Gasteiger partial charge on any atom is -0.322 e. The van der Waals surface area contributed by atoms with Gasteiger partial charge in [0.15, 0.2) is 0 Å². The van der Waals surface area contributed by atoms with Gasteiger partial charge in [-0.15, -0.1) is 11.8 Å². The zero-order valence-corrected chi connectivity index (χ0v) is 17.0. The van der Waals surface area contributed by atoms with E-state index in [1.165, 1.54) is 16.7 Å². The molecule has 2 nitrogen and oxygen atoms in total. The second kappa shape index (κ2) is 8.17. The highest BCUT2D eigenvalue weighted by molar-refractivity contribution is 7.99. The van der Waals surface area contributed by atoms with Gasteiger partial charge in [-0.2, -0.15) is 26.3 Å². The first-order chi connectivity index (χ1) is 13.9. The number of hydrogen-bond donors (Lipinski definition) is 0. The Morgan fingerprint density at radius 3 is 1.97 bits per heavy atom. The molecule has 0 aliphatic carbocycles. The molecule has 2 aromatic rings. The molecule has 2 aromatic carbocycles. The number of carbonyl (C=O) groups is 1. The van der Waals surface area contributed by atoms with Crippen LogP contribution in [0.1, 0.15) is 57.8 Å². The van der Waals surface area contributed by atoms with Crippen molar-refractivity contribution in [2.75, 3.05) is 12.3 Å². The van der Waals surface area contributed by atoms with Crippen LogP contribution >= 0.6 is 11.8 Å². The number of thioether (sulfide) groups is 1. The Balaban J connectivity index is 1.96. The number of rotatable bonds is 3. The van der Waals surface area contributed by atoms with E-state index in [0.29, 0.717) is 23.8 Å². The molecule has 1 unspecified atom stereocenters. The molecular weight excluding hydrogens is 428 g/mol. The molecule has 3 rings (SSSR count). The molecule has 1 amide bonds. The molecule has 0 aromatic heterocycles. The lowest BCUT2D eigenvalue weighted by Gasteiger charge is -2.25. The van der Waals surface area contributed by atoms with Gasteiger partial charge in [0.1, 0.15) is 5.37 Å². The zero-order valence-electron chi connectivity index (χ0n) is 16.1. The Hall–Kier alpha value is -2.16. The van der Waals surface area contributed by atoms with Crippen LogP contribution in [0, 0.1) is 0 Å². The molecule has 1 aliphatic rings. The lowest BCUT2D eigenvalue weighted by molar-refractivity contribution is -0.143. The van der Waals surface area contributed by atoms with Gasteiger partial charge >= 0.3 is 12.4 Å². The van der Waals surface area contributed by atoms with Gasteiger partial charge in [0.2, 0.25) is 0 Å². The molecule has 1 atom stereocenters. The first-order valence-electron chi connectivity index (χ1n) is 9.20. The van der Waals surface area contributed by atoms with Crippen molar-refractivity contribution in [1.29, 1.82) is 0 Å². The van der Waals surface area contributed by atoms with Crippen molar-refractivity contribution < 1.29 is 31.1 Å². The van der Waals surface area contributed by atoms with E-state index in [1.807, 2.05) is 38.1 Å². The third kappa shape index (κ3) is 4.77. The minimum atomic E-state index is -5.00. The van der Waals surface area contributed by atoms with Crippen LogP contribution in [0.4, 0.5) is 26.3 Å². The summed E-state index contributed by atoms with van der Waals surface area (Å²) < 4.78 is 78.7. The number of nitrogens with zero attached hydrogens (tertiary/aromatic N) is 1. The van der Waals surface area contributed by atoms with E-state index in [1.54, 1.807) is 0 Å². The van der Waals surface area contributed by atoms with E-state index in [0.717, 1.165) is 11.1 Å². The molecule has 30 heavy (non-hydrogen) atoms. The summed E-state index contributed by atoms with van der Waals surface area (Å²) in [5.74, 6) is -0.0126. The topological polar surface area (TPSA) is 20.3 Å². The molecular formula is C21H19F6NOS. The van der Waals surface area contributed by atoms with Crippen molar-refractivity contribution in [1.82, 2.24) is 4.90 Å². The maximum absolute atomic E-state index is 13.1. The molecule has 162 valence electrons. The maximum atomic E-state index is 13.1. The van der Waals surface area contributed by atoms with Crippen LogP contribution in [0.15, 0.2) is 42.5 Å². The highest BCUT2D eigenvalue weighted by Gasteiger charge is 2.39. The Bertz CT molecular complexity index is 888. The summed E-state index contributed by atoms with van der Waals surface area (Å²) >= 11 is 1.42. The van der Waals surface area contributed by atoms with Crippen LogP contribution in [0.2, 0.25) is 0 Å². The van der Waals surface area contributed by atoms with Crippen molar-refractivity contribution in [3.8, 4) is 0 Å². The van der Waals surface area contributed by atoms with Crippen LogP contribution in [0.3, 0.4) is 0 Å².